The molecule has 0 saturated carbocycles. The van der Waals surface area contributed by atoms with Crippen LogP contribution in [0.1, 0.15) is 5.56 Å². The zero-order chi connectivity index (χ0) is 11.5. The van der Waals surface area contributed by atoms with E-state index < -0.39 is 0 Å². The molecule has 0 aliphatic carbocycles. The SMILES string of the molecule is C=CC(C=C)(c1ccccc1)[N+](C)(C)C. The molecule has 0 N–H and O–H groups in total. The Morgan fingerprint density at radius 3 is 1.80 bits per heavy atom. The van der Waals surface area contributed by atoms with Crippen molar-refractivity contribution in [3.05, 3.63) is 61.2 Å². The molecule has 15 heavy (non-hydrogen) atoms. The second kappa shape index (κ2) is 4.03. The number of hydrogen-bond donors (Lipinski definition) is 0. The molecule has 0 aromatic heterocycles. The third-order valence-electron chi connectivity index (χ3n) is 2.97. The molecule has 1 nitrogen and oxygen atoms in total. The lowest BCUT2D eigenvalue weighted by molar-refractivity contribution is -0.915. The van der Waals surface area contributed by atoms with Crippen molar-refractivity contribution >= 4 is 0 Å². The summed E-state index contributed by atoms with van der Waals surface area (Å²) < 4.78 is 0.754. The van der Waals surface area contributed by atoms with Gasteiger partial charge in [0.15, 0.2) is 5.54 Å². The van der Waals surface area contributed by atoms with Crippen LogP contribution in [0, 0.1) is 0 Å². The van der Waals surface area contributed by atoms with E-state index in [0.717, 1.165) is 4.48 Å². The molecular weight excluding hydrogens is 182 g/mol. The Morgan fingerprint density at radius 2 is 1.47 bits per heavy atom. The Kier molecular flexibility index (Phi) is 3.15. The first-order valence-corrected chi connectivity index (χ1v) is 5.12. The Bertz CT molecular complexity index is 335. The second-order valence-electron chi connectivity index (χ2n) is 4.61. The van der Waals surface area contributed by atoms with Crippen LogP contribution in [0.5, 0.6) is 0 Å². The van der Waals surface area contributed by atoms with Gasteiger partial charge in [0.1, 0.15) is 0 Å². The zero-order valence-electron chi connectivity index (χ0n) is 9.90. The molecule has 0 fully saturated rings. The maximum absolute atomic E-state index is 3.96. The van der Waals surface area contributed by atoms with Crippen molar-refractivity contribution in [1.29, 1.82) is 0 Å². The predicted octanol–water partition coefficient (Wildman–Crippen LogP) is 2.96. The third kappa shape index (κ3) is 1.88. The van der Waals surface area contributed by atoms with Crippen molar-refractivity contribution in [1.82, 2.24) is 0 Å². The third-order valence-corrected chi connectivity index (χ3v) is 2.97. The van der Waals surface area contributed by atoms with Crippen LogP contribution < -0.4 is 0 Å². The van der Waals surface area contributed by atoms with Crippen LogP contribution in [-0.2, 0) is 5.54 Å². The number of nitrogens with zero attached hydrogens (tertiary/aromatic N) is 1. The number of quaternary nitrogens is 1. The van der Waals surface area contributed by atoms with Crippen LogP contribution in [-0.4, -0.2) is 25.6 Å². The van der Waals surface area contributed by atoms with Gasteiger partial charge in [-0.25, -0.2) is 0 Å². The highest BCUT2D eigenvalue weighted by atomic mass is 15.3. The van der Waals surface area contributed by atoms with Crippen LogP contribution >= 0.6 is 0 Å². The van der Waals surface area contributed by atoms with Crippen molar-refractivity contribution in [2.45, 2.75) is 5.54 Å². The van der Waals surface area contributed by atoms with E-state index in [2.05, 4.69) is 46.4 Å². The summed E-state index contributed by atoms with van der Waals surface area (Å²) in [6, 6.07) is 10.4. The van der Waals surface area contributed by atoms with Crippen molar-refractivity contribution in [2.75, 3.05) is 21.1 Å². The average molecular weight is 202 g/mol. The molecule has 80 valence electrons. The van der Waals surface area contributed by atoms with Crippen molar-refractivity contribution in [3.63, 3.8) is 0 Å². The van der Waals surface area contributed by atoms with E-state index in [4.69, 9.17) is 0 Å². The van der Waals surface area contributed by atoms with Gasteiger partial charge in [-0.3, -0.25) is 0 Å². The molecule has 1 rings (SSSR count). The largest absolute Gasteiger partial charge is 0.316 e. The number of hydrogen-bond acceptors (Lipinski definition) is 0. The highest BCUT2D eigenvalue weighted by Gasteiger charge is 2.38. The van der Waals surface area contributed by atoms with Crippen molar-refractivity contribution < 1.29 is 4.48 Å². The fourth-order valence-corrected chi connectivity index (χ4v) is 1.96. The highest BCUT2D eigenvalue weighted by molar-refractivity contribution is 5.31. The number of likely N-dealkylation sites (N-methyl/N-ethyl adjacent to an activating group) is 1. The summed E-state index contributed by atoms with van der Waals surface area (Å²) in [5.74, 6) is 0. The van der Waals surface area contributed by atoms with Gasteiger partial charge in [-0.1, -0.05) is 43.5 Å². The lowest BCUT2D eigenvalue weighted by Gasteiger charge is -2.42. The van der Waals surface area contributed by atoms with E-state index in [0.29, 0.717) is 0 Å². The summed E-state index contributed by atoms with van der Waals surface area (Å²) in [6.07, 6.45) is 3.94. The van der Waals surface area contributed by atoms with Gasteiger partial charge in [0, 0.05) is 5.56 Å². The van der Waals surface area contributed by atoms with Crippen LogP contribution in [0.2, 0.25) is 0 Å². The summed E-state index contributed by atoms with van der Waals surface area (Å²) in [5.41, 5.74) is 1.00. The van der Waals surface area contributed by atoms with Crippen molar-refractivity contribution in [3.8, 4) is 0 Å². The molecule has 0 spiro atoms. The molecule has 0 amide bonds. The van der Waals surface area contributed by atoms with Gasteiger partial charge in [-0.15, -0.1) is 0 Å². The molecule has 0 heterocycles. The summed E-state index contributed by atoms with van der Waals surface area (Å²) in [6.45, 7) is 7.92. The summed E-state index contributed by atoms with van der Waals surface area (Å²) in [5, 5.41) is 0. The van der Waals surface area contributed by atoms with Crippen LogP contribution in [0.15, 0.2) is 55.6 Å². The van der Waals surface area contributed by atoms with Gasteiger partial charge in [-0.05, 0) is 12.2 Å². The first kappa shape index (κ1) is 11.7. The topological polar surface area (TPSA) is 0 Å². The smallest absolute Gasteiger partial charge is 0.161 e. The Labute approximate surface area is 92.9 Å². The molecule has 0 aliphatic rings. The summed E-state index contributed by atoms with van der Waals surface area (Å²) in [4.78, 5) is 0. The standard InChI is InChI=1S/C14H20N/c1-6-14(7-2,15(3,4)5)13-11-9-8-10-12-13/h6-12H,1-2H2,3-5H3/q+1. The molecular formula is C14H20N+. The summed E-state index contributed by atoms with van der Waals surface area (Å²) >= 11 is 0. The van der Waals surface area contributed by atoms with Gasteiger partial charge in [-0.2, -0.15) is 0 Å². The van der Waals surface area contributed by atoms with Gasteiger partial charge in [0.25, 0.3) is 0 Å². The molecule has 0 radical (unpaired) electrons. The van der Waals surface area contributed by atoms with Crippen LogP contribution in [0.3, 0.4) is 0 Å². The Balaban J connectivity index is 3.37. The minimum Gasteiger partial charge on any atom is -0.316 e. The molecule has 0 unspecified atom stereocenters. The normalized spacial score (nSPS) is 12.2. The van der Waals surface area contributed by atoms with Gasteiger partial charge in [0.05, 0.1) is 21.1 Å². The predicted molar refractivity (Wildman–Crippen MR) is 66.5 cm³/mol. The van der Waals surface area contributed by atoms with E-state index in [-0.39, 0.29) is 5.54 Å². The van der Waals surface area contributed by atoms with Crippen LogP contribution in [0.25, 0.3) is 0 Å². The molecule has 0 aliphatic heterocycles. The van der Waals surface area contributed by atoms with Crippen molar-refractivity contribution in [2.24, 2.45) is 0 Å². The van der Waals surface area contributed by atoms with E-state index >= 15 is 0 Å². The minimum absolute atomic E-state index is 0.221. The molecule has 1 heteroatoms. The molecule has 1 aromatic carbocycles. The van der Waals surface area contributed by atoms with Gasteiger partial charge >= 0.3 is 0 Å². The number of benzene rings is 1. The maximum Gasteiger partial charge on any atom is 0.161 e. The first-order chi connectivity index (χ1) is 6.98. The maximum atomic E-state index is 3.96. The molecule has 1 aromatic rings. The quantitative estimate of drug-likeness (QED) is 0.520. The van der Waals surface area contributed by atoms with E-state index in [9.17, 15) is 0 Å². The Hall–Kier alpha value is -1.34. The molecule has 0 saturated heterocycles. The average Bonchev–Trinajstić information content (AvgIpc) is 2.20. The zero-order valence-corrected chi connectivity index (χ0v) is 9.90. The molecule has 0 bridgehead atoms. The fraction of sp³-hybridized carbons (Fsp3) is 0.286. The van der Waals surface area contributed by atoms with E-state index in [1.165, 1.54) is 5.56 Å². The first-order valence-electron chi connectivity index (χ1n) is 5.12. The van der Waals surface area contributed by atoms with Gasteiger partial charge in [0.2, 0.25) is 0 Å². The Morgan fingerprint density at radius 1 is 1.00 bits per heavy atom. The summed E-state index contributed by atoms with van der Waals surface area (Å²) in [7, 11) is 6.45. The number of rotatable bonds is 4. The lowest BCUT2D eigenvalue weighted by atomic mass is 9.87. The van der Waals surface area contributed by atoms with Crippen LogP contribution in [0.4, 0.5) is 0 Å². The van der Waals surface area contributed by atoms with E-state index in [1.54, 1.807) is 0 Å². The lowest BCUT2D eigenvalue weighted by Crippen LogP contribution is -2.52. The highest BCUT2D eigenvalue weighted by Crippen LogP contribution is 2.33. The second-order valence-corrected chi connectivity index (χ2v) is 4.61. The fourth-order valence-electron chi connectivity index (χ4n) is 1.96. The minimum atomic E-state index is -0.221. The van der Waals surface area contributed by atoms with Gasteiger partial charge < -0.3 is 4.48 Å². The monoisotopic (exact) mass is 202 g/mol. The molecule has 0 atom stereocenters. The van der Waals surface area contributed by atoms with E-state index in [1.807, 2.05) is 30.4 Å².